The lowest BCUT2D eigenvalue weighted by molar-refractivity contribution is 0.0877. The number of para-hydroxylation sites is 1. The highest BCUT2D eigenvalue weighted by molar-refractivity contribution is 6.03. The molecule has 13 heavy (non-hydrogen) atoms. The predicted molar refractivity (Wildman–Crippen MR) is 49.1 cm³/mol. The molecule has 3 nitrogen and oxygen atoms in total. The van der Waals surface area contributed by atoms with Crippen LogP contribution in [0.5, 0.6) is 5.75 Å². The van der Waals surface area contributed by atoms with Gasteiger partial charge in [-0.2, -0.15) is 0 Å². The summed E-state index contributed by atoms with van der Waals surface area (Å²) in [6, 6.07) is 7.12. The van der Waals surface area contributed by atoms with Crippen LogP contribution in [0, 0.1) is 0 Å². The van der Waals surface area contributed by atoms with E-state index in [2.05, 4.69) is 5.32 Å². The molecule has 1 unspecified atom stereocenters. The zero-order valence-electron chi connectivity index (χ0n) is 7.41. The molecular weight excluding hydrogens is 166 g/mol. The van der Waals surface area contributed by atoms with E-state index in [9.17, 15) is 4.79 Å². The van der Waals surface area contributed by atoms with E-state index >= 15 is 0 Å². The van der Waals surface area contributed by atoms with Crippen LogP contribution >= 0.6 is 0 Å². The van der Waals surface area contributed by atoms with Crippen molar-refractivity contribution in [3.05, 3.63) is 29.8 Å². The first-order chi connectivity index (χ1) is 6.33. The van der Waals surface area contributed by atoms with Gasteiger partial charge in [0.25, 0.3) is 0 Å². The van der Waals surface area contributed by atoms with E-state index in [0.717, 1.165) is 0 Å². The van der Waals surface area contributed by atoms with E-state index in [-0.39, 0.29) is 11.8 Å². The van der Waals surface area contributed by atoms with Crippen LogP contribution in [0.15, 0.2) is 24.3 Å². The summed E-state index contributed by atoms with van der Waals surface area (Å²) in [5, 5.41) is 2.92. The standard InChI is InChI=1S/C10H11NO2/c1-11-8-6-13-9-5-3-2-4-7(9)10(8)12/h2-5,8,11H,6H2,1H3. The lowest BCUT2D eigenvalue weighted by Crippen LogP contribution is -2.42. The maximum atomic E-state index is 11.7. The smallest absolute Gasteiger partial charge is 0.186 e. The van der Waals surface area contributed by atoms with Crippen LogP contribution in [0.3, 0.4) is 0 Å². The van der Waals surface area contributed by atoms with Crippen LogP contribution in [-0.2, 0) is 0 Å². The first-order valence-corrected chi connectivity index (χ1v) is 4.26. The number of carbonyl (C=O) groups excluding carboxylic acids is 1. The summed E-state index contributed by atoms with van der Waals surface area (Å²) in [4.78, 5) is 11.7. The molecule has 0 aliphatic carbocycles. The number of nitrogens with one attached hydrogen (secondary N) is 1. The second-order valence-electron chi connectivity index (χ2n) is 3.01. The van der Waals surface area contributed by atoms with E-state index in [1.165, 1.54) is 0 Å². The normalized spacial score (nSPS) is 20.7. The van der Waals surface area contributed by atoms with Crippen molar-refractivity contribution in [2.75, 3.05) is 13.7 Å². The molecule has 0 saturated carbocycles. The molecule has 68 valence electrons. The SMILES string of the molecule is CNC1COc2ccccc2C1=O. The molecule has 0 saturated heterocycles. The number of ketones is 1. The second-order valence-corrected chi connectivity index (χ2v) is 3.01. The Kier molecular flexibility index (Phi) is 2.02. The molecular formula is C10H11NO2. The summed E-state index contributed by atoms with van der Waals surface area (Å²) >= 11 is 0. The maximum absolute atomic E-state index is 11.7. The Hall–Kier alpha value is -1.35. The number of hydrogen-bond acceptors (Lipinski definition) is 3. The fourth-order valence-corrected chi connectivity index (χ4v) is 1.45. The van der Waals surface area contributed by atoms with Crippen LogP contribution in [-0.4, -0.2) is 25.5 Å². The van der Waals surface area contributed by atoms with Crippen LogP contribution < -0.4 is 10.1 Å². The van der Waals surface area contributed by atoms with Crippen LogP contribution in [0.1, 0.15) is 10.4 Å². The number of Topliss-reactive ketones (excluding diaryl/α,β-unsaturated/α-hetero) is 1. The van der Waals surface area contributed by atoms with Crippen LogP contribution in [0.2, 0.25) is 0 Å². The lowest BCUT2D eigenvalue weighted by Gasteiger charge is -2.23. The largest absolute Gasteiger partial charge is 0.491 e. The van der Waals surface area contributed by atoms with E-state index in [1.54, 1.807) is 13.1 Å². The van der Waals surface area contributed by atoms with Gasteiger partial charge in [0.05, 0.1) is 5.56 Å². The molecule has 0 radical (unpaired) electrons. The van der Waals surface area contributed by atoms with Gasteiger partial charge >= 0.3 is 0 Å². The monoisotopic (exact) mass is 177 g/mol. The summed E-state index contributed by atoms with van der Waals surface area (Å²) in [5.74, 6) is 0.809. The quantitative estimate of drug-likeness (QED) is 0.691. The van der Waals surface area contributed by atoms with Crippen molar-refractivity contribution in [3.63, 3.8) is 0 Å². The van der Waals surface area contributed by atoms with Crippen LogP contribution in [0.25, 0.3) is 0 Å². The first-order valence-electron chi connectivity index (χ1n) is 4.26. The molecule has 0 spiro atoms. The Balaban J connectivity index is 2.39. The molecule has 1 aromatic rings. The molecule has 0 aromatic heterocycles. The highest BCUT2D eigenvalue weighted by Gasteiger charge is 2.26. The molecule has 1 heterocycles. The van der Waals surface area contributed by atoms with Gasteiger partial charge in [-0.3, -0.25) is 4.79 Å². The minimum absolute atomic E-state index is 0.115. The van der Waals surface area contributed by atoms with Gasteiger partial charge < -0.3 is 10.1 Å². The topological polar surface area (TPSA) is 38.3 Å². The van der Waals surface area contributed by atoms with E-state index in [1.807, 2.05) is 18.2 Å². The highest BCUT2D eigenvalue weighted by atomic mass is 16.5. The zero-order chi connectivity index (χ0) is 9.26. The Morgan fingerprint density at radius 3 is 3.00 bits per heavy atom. The number of likely N-dealkylation sites (N-methyl/N-ethyl adjacent to an activating group) is 1. The minimum Gasteiger partial charge on any atom is -0.491 e. The van der Waals surface area contributed by atoms with Gasteiger partial charge in [-0.1, -0.05) is 12.1 Å². The molecule has 1 atom stereocenters. The van der Waals surface area contributed by atoms with Gasteiger partial charge in [-0.25, -0.2) is 0 Å². The van der Waals surface area contributed by atoms with Crippen molar-refractivity contribution in [1.29, 1.82) is 0 Å². The van der Waals surface area contributed by atoms with E-state index in [0.29, 0.717) is 17.9 Å². The zero-order valence-corrected chi connectivity index (χ0v) is 7.41. The molecule has 1 aliphatic heterocycles. The number of ether oxygens (including phenoxy) is 1. The Morgan fingerprint density at radius 2 is 2.23 bits per heavy atom. The predicted octanol–water partition coefficient (Wildman–Crippen LogP) is 0.850. The summed E-state index contributed by atoms with van der Waals surface area (Å²) in [6.45, 7) is 0.423. The van der Waals surface area contributed by atoms with Crippen molar-refractivity contribution in [2.24, 2.45) is 0 Å². The number of benzene rings is 1. The summed E-state index contributed by atoms with van der Waals surface area (Å²) in [7, 11) is 1.76. The van der Waals surface area contributed by atoms with Gasteiger partial charge in [0, 0.05) is 0 Å². The highest BCUT2D eigenvalue weighted by Crippen LogP contribution is 2.23. The third-order valence-electron chi connectivity index (χ3n) is 2.22. The number of hydrogen-bond donors (Lipinski definition) is 1. The number of carbonyl (C=O) groups is 1. The van der Waals surface area contributed by atoms with Crippen molar-refractivity contribution in [2.45, 2.75) is 6.04 Å². The van der Waals surface area contributed by atoms with E-state index in [4.69, 9.17) is 4.74 Å². The molecule has 3 heteroatoms. The Bertz CT molecular complexity index is 335. The summed E-state index contributed by atoms with van der Waals surface area (Å²) in [5.41, 5.74) is 0.674. The molecule has 0 amide bonds. The third-order valence-corrected chi connectivity index (χ3v) is 2.22. The molecule has 1 N–H and O–H groups in total. The van der Waals surface area contributed by atoms with Crippen LogP contribution in [0.4, 0.5) is 0 Å². The van der Waals surface area contributed by atoms with Gasteiger partial charge in [-0.15, -0.1) is 0 Å². The minimum atomic E-state index is -0.199. The lowest BCUT2D eigenvalue weighted by atomic mass is 10.0. The van der Waals surface area contributed by atoms with Crippen molar-refractivity contribution < 1.29 is 9.53 Å². The van der Waals surface area contributed by atoms with Gasteiger partial charge in [0.15, 0.2) is 5.78 Å². The maximum Gasteiger partial charge on any atom is 0.186 e. The second kappa shape index (κ2) is 3.18. The average molecular weight is 177 g/mol. The average Bonchev–Trinajstić information content (AvgIpc) is 2.19. The first kappa shape index (κ1) is 8.26. The molecule has 0 bridgehead atoms. The fraction of sp³-hybridized carbons (Fsp3) is 0.300. The number of rotatable bonds is 1. The summed E-state index contributed by atoms with van der Waals surface area (Å²) < 4.78 is 5.41. The Morgan fingerprint density at radius 1 is 1.46 bits per heavy atom. The fourth-order valence-electron chi connectivity index (χ4n) is 1.45. The van der Waals surface area contributed by atoms with Gasteiger partial charge in [0.1, 0.15) is 18.4 Å². The Labute approximate surface area is 76.7 Å². The molecule has 1 aliphatic rings. The molecule has 1 aromatic carbocycles. The molecule has 2 rings (SSSR count). The van der Waals surface area contributed by atoms with E-state index < -0.39 is 0 Å². The summed E-state index contributed by atoms with van der Waals surface area (Å²) in [6.07, 6.45) is 0. The number of fused-ring (bicyclic) bond motifs is 1. The third kappa shape index (κ3) is 1.31. The van der Waals surface area contributed by atoms with Gasteiger partial charge in [-0.05, 0) is 19.2 Å². The van der Waals surface area contributed by atoms with Gasteiger partial charge in [0.2, 0.25) is 0 Å². The van der Waals surface area contributed by atoms with Crippen molar-refractivity contribution >= 4 is 5.78 Å². The molecule has 0 fully saturated rings. The van der Waals surface area contributed by atoms with Crippen molar-refractivity contribution in [1.82, 2.24) is 5.32 Å². The van der Waals surface area contributed by atoms with Crippen molar-refractivity contribution in [3.8, 4) is 5.75 Å².